The number of hydrogen-bond donors (Lipinski definition) is 0. The first kappa shape index (κ1) is 8.72. The molecule has 0 aliphatic rings. The van der Waals surface area contributed by atoms with Gasteiger partial charge in [-0.25, -0.2) is 0 Å². The number of thiazole rings is 1. The Morgan fingerprint density at radius 1 is 1.36 bits per heavy atom. The van der Waals surface area contributed by atoms with Crippen molar-refractivity contribution in [2.45, 2.75) is 39.0 Å². The number of hydrogen-bond acceptors (Lipinski definition) is 2. The second kappa shape index (κ2) is 5.30. The van der Waals surface area contributed by atoms with Crippen molar-refractivity contribution in [3.63, 3.8) is 0 Å². The van der Waals surface area contributed by atoms with Gasteiger partial charge in [0.05, 0.1) is 5.51 Å². The molecule has 0 spiro atoms. The highest BCUT2D eigenvalue weighted by Crippen LogP contribution is 2.10. The molecular weight excluding hydrogens is 154 g/mol. The summed E-state index contributed by atoms with van der Waals surface area (Å²) >= 11 is 1.77. The zero-order valence-electron chi connectivity index (χ0n) is 7.05. The monoisotopic (exact) mass is 169 g/mol. The molecule has 0 amide bonds. The van der Waals surface area contributed by atoms with Crippen molar-refractivity contribution in [2.24, 2.45) is 0 Å². The van der Waals surface area contributed by atoms with Crippen molar-refractivity contribution < 1.29 is 0 Å². The molecule has 0 atom stereocenters. The predicted octanol–water partition coefficient (Wildman–Crippen LogP) is 3.27. The van der Waals surface area contributed by atoms with Gasteiger partial charge < -0.3 is 0 Å². The molecule has 0 fully saturated rings. The molecule has 2 heteroatoms. The molecule has 1 aromatic rings. The Morgan fingerprint density at radius 3 is 2.91 bits per heavy atom. The van der Waals surface area contributed by atoms with Crippen LogP contribution in [0.15, 0.2) is 11.7 Å². The zero-order valence-corrected chi connectivity index (χ0v) is 7.86. The fraction of sp³-hybridized carbons (Fsp3) is 0.667. The van der Waals surface area contributed by atoms with Crippen LogP contribution in [0.1, 0.15) is 37.5 Å². The maximum absolute atomic E-state index is 4.04. The van der Waals surface area contributed by atoms with Crippen LogP contribution in [0, 0.1) is 0 Å². The number of nitrogens with zero attached hydrogens (tertiary/aromatic N) is 1. The Hall–Kier alpha value is -0.370. The van der Waals surface area contributed by atoms with E-state index in [1.807, 2.05) is 11.7 Å². The van der Waals surface area contributed by atoms with Gasteiger partial charge >= 0.3 is 0 Å². The van der Waals surface area contributed by atoms with Crippen molar-refractivity contribution in [1.29, 1.82) is 0 Å². The minimum atomic E-state index is 1.23. The molecule has 0 aromatic carbocycles. The highest BCUT2D eigenvalue weighted by Gasteiger charge is 1.93. The third-order valence-corrected chi connectivity index (χ3v) is 2.60. The van der Waals surface area contributed by atoms with Crippen molar-refractivity contribution >= 4 is 11.3 Å². The molecule has 0 saturated heterocycles. The van der Waals surface area contributed by atoms with Crippen molar-refractivity contribution in [1.82, 2.24) is 4.98 Å². The molecule has 0 saturated carbocycles. The van der Waals surface area contributed by atoms with Crippen LogP contribution in [0.2, 0.25) is 0 Å². The van der Waals surface area contributed by atoms with Gasteiger partial charge in [0.1, 0.15) is 0 Å². The first-order chi connectivity index (χ1) is 5.43. The summed E-state index contributed by atoms with van der Waals surface area (Å²) in [7, 11) is 0. The standard InChI is InChI=1S/C9H15NS/c1-2-3-4-5-6-9-7-10-8-11-9/h7-8H,2-6H2,1H3. The van der Waals surface area contributed by atoms with E-state index in [-0.39, 0.29) is 0 Å². The number of unbranched alkanes of at least 4 members (excludes halogenated alkanes) is 3. The fourth-order valence-corrected chi connectivity index (χ4v) is 1.73. The summed E-state index contributed by atoms with van der Waals surface area (Å²) in [5.74, 6) is 0. The summed E-state index contributed by atoms with van der Waals surface area (Å²) < 4.78 is 0. The minimum absolute atomic E-state index is 1.23. The predicted molar refractivity (Wildman–Crippen MR) is 50.0 cm³/mol. The van der Waals surface area contributed by atoms with Gasteiger partial charge in [-0.15, -0.1) is 11.3 Å². The zero-order chi connectivity index (χ0) is 7.94. The van der Waals surface area contributed by atoms with E-state index in [4.69, 9.17) is 0 Å². The lowest BCUT2D eigenvalue weighted by Gasteiger charge is -1.95. The number of rotatable bonds is 5. The first-order valence-corrected chi connectivity index (χ1v) is 5.19. The molecule has 0 aliphatic heterocycles. The molecule has 1 aromatic heterocycles. The second-order valence-electron chi connectivity index (χ2n) is 2.78. The Morgan fingerprint density at radius 2 is 2.27 bits per heavy atom. The normalized spacial score (nSPS) is 10.3. The van der Waals surface area contributed by atoms with Crippen LogP contribution in [-0.4, -0.2) is 4.98 Å². The van der Waals surface area contributed by atoms with E-state index < -0.39 is 0 Å². The van der Waals surface area contributed by atoms with E-state index >= 15 is 0 Å². The van der Waals surface area contributed by atoms with Crippen LogP contribution >= 0.6 is 11.3 Å². The molecule has 1 nitrogen and oxygen atoms in total. The Kier molecular flexibility index (Phi) is 4.21. The smallest absolute Gasteiger partial charge is 0.0794 e. The highest BCUT2D eigenvalue weighted by atomic mass is 32.1. The molecular formula is C9H15NS. The second-order valence-corrected chi connectivity index (χ2v) is 3.75. The molecule has 0 aliphatic carbocycles. The molecule has 0 unspecified atom stereocenters. The summed E-state index contributed by atoms with van der Waals surface area (Å²) in [5.41, 5.74) is 1.91. The lowest BCUT2D eigenvalue weighted by molar-refractivity contribution is 0.670. The van der Waals surface area contributed by atoms with Gasteiger partial charge in [0.15, 0.2) is 0 Å². The van der Waals surface area contributed by atoms with E-state index in [0.29, 0.717) is 0 Å². The maximum Gasteiger partial charge on any atom is 0.0794 e. The van der Waals surface area contributed by atoms with Crippen molar-refractivity contribution in [3.05, 3.63) is 16.6 Å². The molecule has 0 radical (unpaired) electrons. The Labute approximate surface area is 72.5 Å². The number of aryl methyl sites for hydroxylation is 1. The molecule has 0 N–H and O–H groups in total. The van der Waals surface area contributed by atoms with Crippen LogP contribution in [0.25, 0.3) is 0 Å². The van der Waals surface area contributed by atoms with Crippen LogP contribution in [0.5, 0.6) is 0 Å². The Balaban J connectivity index is 2.04. The lowest BCUT2D eigenvalue weighted by atomic mass is 10.1. The molecule has 1 rings (SSSR count). The summed E-state index contributed by atoms with van der Waals surface area (Å²) in [6.45, 7) is 2.24. The third kappa shape index (κ3) is 3.51. The lowest BCUT2D eigenvalue weighted by Crippen LogP contribution is -1.80. The summed E-state index contributed by atoms with van der Waals surface area (Å²) in [6, 6.07) is 0. The molecule has 1 heterocycles. The van der Waals surface area contributed by atoms with E-state index in [0.717, 1.165) is 0 Å². The van der Waals surface area contributed by atoms with Gasteiger partial charge in [-0.05, 0) is 12.8 Å². The fourth-order valence-electron chi connectivity index (χ4n) is 1.09. The summed E-state index contributed by atoms with van der Waals surface area (Å²) in [4.78, 5) is 5.47. The summed E-state index contributed by atoms with van der Waals surface area (Å²) in [6.07, 6.45) is 8.60. The van der Waals surface area contributed by atoms with Crippen LogP contribution in [0.4, 0.5) is 0 Å². The maximum atomic E-state index is 4.04. The number of aromatic nitrogens is 1. The van der Waals surface area contributed by atoms with E-state index in [2.05, 4.69) is 11.9 Å². The van der Waals surface area contributed by atoms with Gasteiger partial charge in [-0.3, -0.25) is 4.98 Å². The largest absolute Gasteiger partial charge is 0.253 e. The quantitative estimate of drug-likeness (QED) is 0.616. The molecule has 0 bridgehead atoms. The van der Waals surface area contributed by atoms with E-state index in [1.54, 1.807) is 11.3 Å². The van der Waals surface area contributed by atoms with Gasteiger partial charge in [0, 0.05) is 11.1 Å². The molecule has 11 heavy (non-hydrogen) atoms. The Bertz CT molecular complexity index is 170. The average molecular weight is 169 g/mol. The first-order valence-electron chi connectivity index (χ1n) is 4.31. The van der Waals surface area contributed by atoms with Crippen LogP contribution in [-0.2, 0) is 6.42 Å². The van der Waals surface area contributed by atoms with Crippen molar-refractivity contribution in [2.75, 3.05) is 0 Å². The highest BCUT2D eigenvalue weighted by molar-refractivity contribution is 7.09. The SMILES string of the molecule is CCCCCCc1cncs1. The van der Waals surface area contributed by atoms with Crippen LogP contribution in [0.3, 0.4) is 0 Å². The van der Waals surface area contributed by atoms with Crippen LogP contribution < -0.4 is 0 Å². The van der Waals surface area contributed by atoms with Crippen molar-refractivity contribution in [3.8, 4) is 0 Å². The third-order valence-electron chi connectivity index (χ3n) is 1.76. The van der Waals surface area contributed by atoms with E-state index in [1.165, 1.54) is 37.0 Å². The molecule has 62 valence electrons. The van der Waals surface area contributed by atoms with Gasteiger partial charge in [0.25, 0.3) is 0 Å². The minimum Gasteiger partial charge on any atom is -0.253 e. The van der Waals surface area contributed by atoms with Gasteiger partial charge in [-0.1, -0.05) is 26.2 Å². The van der Waals surface area contributed by atoms with Gasteiger partial charge in [-0.2, -0.15) is 0 Å². The van der Waals surface area contributed by atoms with E-state index in [9.17, 15) is 0 Å². The topological polar surface area (TPSA) is 12.9 Å². The summed E-state index contributed by atoms with van der Waals surface area (Å²) in [5, 5.41) is 0. The van der Waals surface area contributed by atoms with Gasteiger partial charge in [0.2, 0.25) is 0 Å². The average Bonchev–Trinajstić information content (AvgIpc) is 2.50.